The Labute approximate surface area is 152 Å². The SMILES string of the molecule is CC(C)c1ccc(-c2c(CC(=O)O)sc3nc(C(C)(C)C)cn23)cc1. The largest absolute Gasteiger partial charge is 0.481 e. The molecule has 0 saturated carbocycles. The molecule has 2 heterocycles. The number of carboxylic acid groups (broad SMARTS) is 1. The van der Waals surface area contributed by atoms with Gasteiger partial charge in [0.05, 0.1) is 17.8 Å². The molecule has 3 aromatic rings. The number of fused-ring (bicyclic) bond motifs is 1. The van der Waals surface area contributed by atoms with Crippen molar-refractivity contribution < 1.29 is 9.90 Å². The molecular weight excluding hydrogens is 332 g/mol. The summed E-state index contributed by atoms with van der Waals surface area (Å²) in [7, 11) is 0. The van der Waals surface area contributed by atoms with E-state index < -0.39 is 5.97 Å². The van der Waals surface area contributed by atoms with Gasteiger partial charge in [0.25, 0.3) is 0 Å². The standard InChI is InChI=1S/C20H24N2O2S/c1-12(2)13-6-8-14(9-7-13)18-15(10-17(23)24)25-19-21-16(11-22(18)19)20(3,4)5/h6-9,11-12H,10H2,1-5H3,(H,23,24). The van der Waals surface area contributed by atoms with Crippen molar-refractivity contribution >= 4 is 22.3 Å². The molecule has 2 aromatic heterocycles. The highest BCUT2D eigenvalue weighted by Crippen LogP contribution is 2.35. The molecule has 1 aromatic carbocycles. The van der Waals surface area contributed by atoms with Crippen LogP contribution >= 0.6 is 11.3 Å². The molecule has 0 unspecified atom stereocenters. The van der Waals surface area contributed by atoms with Crippen molar-refractivity contribution in [3.05, 3.63) is 46.6 Å². The van der Waals surface area contributed by atoms with Gasteiger partial charge in [0.1, 0.15) is 0 Å². The summed E-state index contributed by atoms with van der Waals surface area (Å²) in [4.78, 5) is 17.7. The number of hydrogen-bond acceptors (Lipinski definition) is 3. The van der Waals surface area contributed by atoms with Gasteiger partial charge in [0.15, 0.2) is 4.96 Å². The van der Waals surface area contributed by atoms with Gasteiger partial charge >= 0.3 is 5.97 Å². The number of imidazole rings is 1. The maximum atomic E-state index is 11.3. The van der Waals surface area contributed by atoms with Gasteiger partial charge in [0.2, 0.25) is 0 Å². The molecule has 0 fully saturated rings. The van der Waals surface area contributed by atoms with Crippen LogP contribution in [0, 0.1) is 0 Å². The van der Waals surface area contributed by atoms with E-state index in [1.807, 2.05) is 10.6 Å². The lowest BCUT2D eigenvalue weighted by Crippen LogP contribution is -2.11. The summed E-state index contributed by atoms with van der Waals surface area (Å²) in [6.07, 6.45) is 2.06. The van der Waals surface area contributed by atoms with Crippen molar-refractivity contribution in [1.29, 1.82) is 0 Å². The molecule has 0 aliphatic rings. The Bertz CT molecular complexity index is 912. The van der Waals surface area contributed by atoms with E-state index >= 15 is 0 Å². The average molecular weight is 356 g/mol. The number of carbonyl (C=O) groups is 1. The van der Waals surface area contributed by atoms with Crippen molar-refractivity contribution in [2.45, 2.75) is 52.4 Å². The Morgan fingerprint density at radius 3 is 2.40 bits per heavy atom. The van der Waals surface area contributed by atoms with E-state index in [4.69, 9.17) is 4.98 Å². The lowest BCUT2D eigenvalue weighted by atomic mass is 9.93. The predicted molar refractivity (Wildman–Crippen MR) is 103 cm³/mol. The first-order valence-corrected chi connectivity index (χ1v) is 9.32. The minimum absolute atomic E-state index is 0.0140. The molecule has 5 heteroatoms. The van der Waals surface area contributed by atoms with Crippen LogP contribution in [0.5, 0.6) is 0 Å². The maximum Gasteiger partial charge on any atom is 0.308 e. The second-order valence-corrected chi connectivity index (χ2v) is 8.81. The van der Waals surface area contributed by atoms with Crippen LogP contribution in [0.1, 0.15) is 56.7 Å². The summed E-state index contributed by atoms with van der Waals surface area (Å²) < 4.78 is 2.05. The number of benzene rings is 1. The van der Waals surface area contributed by atoms with Gasteiger partial charge in [-0.1, -0.05) is 58.9 Å². The van der Waals surface area contributed by atoms with Crippen molar-refractivity contribution in [2.75, 3.05) is 0 Å². The van der Waals surface area contributed by atoms with Crippen molar-refractivity contribution in [3.63, 3.8) is 0 Å². The third-order valence-corrected chi connectivity index (χ3v) is 5.38. The van der Waals surface area contributed by atoms with Gasteiger partial charge < -0.3 is 5.11 Å². The van der Waals surface area contributed by atoms with Crippen LogP contribution in [0.15, 0.2) is 30.5 Å². The molecule has 0 spiro atoms. The normalized spacial score (nSPS) is 12.2. The van der Waals surface area contributed by atoms with E-state index in [1.54, 1.807) is 0 Å². The fourth-order valence-electron chi connectivity index (χ4n) is 2.83. The van der Waals surface area contributed by atoms with Gasteiger partial charge in [0, 0.05) is 16.5 Å². The fraction of sp³-hybridized carbons (Fsp3) is 0.400. The molecular formula is C20H24N2O2S. The summed E-state index contributed by atoms with van der Waals surface area (Å²) in [6, 6.07) is 8.41. The highest BCUT2D eigenvalue weighted by Gasteiger charge is 2.23. The molecule has 25 heavy (non-hydrogen) atoms. The minimum atomic E-state index is -0.819. The Balaban J connectivity index is 2.17. The van der Waals surface area contributed by atoms with E-state index in [2.05, 4.69) is 58.9 Å². The lowest BCUT2D eigenvalue weighted by Gasteiger charge is -2.14. The first-order chi connectivity index (χ1) is 11.7. The molecule has 3 rings (SSSR count). The smallest absolute Gasteiger partial charge is 0.308 e. The van der Waals surface area contributed by atoms with E-state index in [9.17, 15) is 9.90 Å². The van der Waals surface area contributed by atoms with Crippen LogP contribution in [0.25, 0.3) is 16.2 Å². The topological polar surface area (TPSA) is 54.6 Å². The molecule has 0 bridgehead atoms. The Morgan fingerprint density at radius 2 is 1.88 bits per heavy atom. The molecule has 132 valence electrons. The van der Waals surface area contributed by atoms with Crippen molar-refractivity contribution in [2.24, 2.45) is 0 Å². The van der Waals surface area contributed by atoms with E-state index in [1.165, 1.54) is 16.9 Å². The second-order valence-electron chi connectivity index (χ2n) is 7.75. The molecule has 0 radical (unpaired) electrons. The quantitative estimate of drug-likeness (QED) is 0.706. The Morgan fingerprint density at radius 1 is 1.24 bits per heavy atom. The van der Waals surface area contributed by atoms with E-state index in [-0.39, 0.29) is 11.8 Å². The minimum Gasteiger partial charge on any atom is -0.481 e. The predicted octanol–water partition coefficient (Wildman–Crippen LogP) is 5.11. The number of thiazole rings is 1. The number of rotatable bonds is 4. The van der Waals surface area contributed by atoms with Crippen LogP contribution in [0.2, 0.25) is 0 Å². The zero-order chi connectivity index (χ0) is 18.4. The highest BCUT2D eigenvalue weighted by atomic mass is 32.1. The molecule has 0 aliphatic heterocycles. The van der Waals surface area contributed by atoms with Gasteiger partial charge in [-0.2, -0.15) is 0 Å². The first kappa shape index (κ1) is 17.7. The summed E-state index contributed by atoms with van der Waals surface area (Å²) in [5.74, 6) is -0.351. The van der Waals surface area contributed by atoms with Crippen LogP contribution < -0.4 is 0 Å². The van der Waals surface area contributed by atoms with Gasteiger partial charge in [-0.25, -0.2) is 4.98 Å². The molecule has 0 atom stereocenters. The molecule has 1 N–H and O–H groups in total. The van der Waals surface area contributed by atoms with Crippen LogP contribution in [-0.4, -0.2) is 20.5 Å². The lowest BCUT2D eigenvalue weighted by molar-refractivity contribution is -0.136. The Hall–Kier alpha value is -2.14. The van der Waals surface area contributed by atoms with Gasteiger partial charge in [-0.05, 0) is 17.0 Å². The molecule has 4 nitrogen and oxygen atoms in total. The number of aliphatic carboxylic acids is 1. The van der Waals surface area contributed by atoms with Gasteiger partial charge in [-0.15, -0.1) is 11.3 Å². The molecule has 0 aliphatic carbocycles. The summed E-state index contributed by atoms with van der Waals surface area (Å²) in [5.41, 5.74) is 4.22. The molecule has 0 saturated heterocycles. The number of aromatic nitrogens is 2. The Kier molecular flexibility index (Phi) is 4.45. The van der Waals surface area contributed by atoms with Crippen LogP contribution in [-0.2, 0) is 16.6 Å². The second kappa shape index (κ2) is 6.30. The maximum absolute atomic E-state index is 11.3. The summed E-state index contributed by atoms with van der Waals surface area (Å²) in [5, 5.41) is 9.28. The van der Waals surface area contributed by atoms with Crippen LogP contribution in [0.3, 0.4) is 0 Å². The number of carboxylic acids is 1. The molecule has 0 amide bonds. The first-order valence-electron chi connectivity index (χ1n) is 8.50. The summed E-state index contributed by atoms with van der Waals surface area (Å²) >= 11 is 1.47. The number of hydrogen-bond donors (Lipinski definition) is 1. The third kappa shape index (κ3) is 3.47. The summed E-state index contributed by atoms with van der Waals surface area (Å²) in [6.45, 7) is 10.7. The number of nitrogens with zero attached hydrogens (tertiary/aromatic N) is 2. The monoisotopic (exact) mass is 356 g/mol. The average Bonchev–Trinajstić information content (AvgIpc) is 3.03. The van der Waals surface area contributed by atoms with Crippen molar-refractivity contribution in [1.82, 2.24) is 9.38 Å². The fourth-order valence-corrected chi connectivity index (χ4v) is 3.95. The van der Waals surface area contributed by atoms with Crippen LogP contribution in [0.4, 0.5) is 0 Å². The zero-order valence-corrected chi connectivity index (χ0v) is 16.1. The van der Waals surface area contributed by atoms with E-state index in [0.717, 1.165) is 26.8 Å². The highest BCUT2D eigenvalue weighted by molar-refractivity contribution is 7.17. The van der Waals surface area contributed by atoms with E-state index in [0.29, 0.717) is 5.92 Å². The van der Waals surface area contributed by atoms with Crippen molar-refractivity contribution in [3.8, 4) is 11.3 Å². The van der Waals surface area contributed by atoms with Gasteiger partial charge in [-0.3, -0.25) is 9.20 Å². The third-order valence-electron chi connectivity index (χ3n) is 4.32. The zero-order valence-electron chi connectivity index (χ0n) is 15.3.